The van der Waals surface area contributed by atoms with Crippen LogP contribution in [0.15, 0.2) is 42.5 Å². The Morgan fingerprint density at radius 2 is 1.95 bits per heavy atom. The lowest BCUT2D eigenvalue weighted by atomic mass is 10.1. The summed E-state index contributed by atoms with van der Waals surface area (Å²) in [6, 6.07) is 12.7. The molecular weight excluding hydrogens is 266 g/mol. The Hall–Kier alpha value is -2.40. The first-order valence-corrected chi connectivity index (χ1v) is 6.72. The van der Waals surface area contributed by atoms with Gasteiger partial charge in [0.05, 0.1) is 11.8 Å². The first-order valence-electron chi connectivity index (χ1n) is 6.72. The van der Waals surface area contributed by atoms with Gasteiger partial charge in [-0.1, -0.05) is 18.2 Å². The number of aliphatic hydroxyl groups is 1. The molecule has 21 heavy (non-hydrogen) atoms. The van der Waals surface area contributed by atoms with Crippen LogP contribution in [0.5, 0.6) is 0 Å². The van der Waals surface area contributed by atoms with Crippen LogP contribution >= 0.6 is 0 Å². The molecule has 0 spiro atoms. The Bertz CT molecular complexity index is 624. The van der Waals surface area contributed by atoms with Crippen molar-refractivity contribution in [2.45, 2.75) is 19.6 Å². The van der Waals surface area contributed by atoms with Crippen molar-refractivity contribution < 1.29 is 9.90 Å². The number of carbonyl (C=O) groups excluding carboxylic acids is 1. The number of aromatic nitrogens is 1. The first kappa shape index (κ1) is 15.0. The molecule has 5 heteroatoms. The molecule has 0 saturated carbocycles. The van der Waals surface area contributed by atoms with Gasteiger partial charge >= 0.3 is 0 Å². The standard InChI is InChI=1S/C16H19N3O2/c1-11(20)14-4-3-5-15(18-14)19(2)10-12-6-8-13(9-7-12)16(17)21/h3-9,11,20H,10H2,1-2H3,(H2,17,21). The molecule has 1 atom stereocenters. The van der Waals surface area contributed by atoms with Gasteiger partial charge in [-0.15, -0.1) is 0 Å². The molecule has 0 fully saturated rings. The normalized spacial score (nSPS) is 12.0. The Kier molecular flexibility index (Phi) is 4.55. The van der Waals surface area contributed by atoms with E-state index in [0.717, 1.165) is 11.4 Å². The number of carbonyl (C=O) groups is 1. The zero-order chi connectivity index (χ0) is 15.4. The number of pyridine rings is 1. The van der Waals surface area contributed by atoms with E-state index in [1.807, 2.05) is 36.2 Å². The van der Waals surface area contributed by atoms with Crippen LogP contribution in [-0.2, 0) is 6.54 Å². The average Bonchev–Trinajstić information content (AvgIpc) is 2.48. The second-order valence-electron chi connectivity index (χ2n) is 5.01. The highest BCUT2D eigenvalue weighted by molar-refractivity contribution is 5.92. The number of primary amides is 1. The lowest BCUT2D eigenvalue weighted by Crippen LogP contribution is -2.18. The highest BCUT2D eigenvalue weighted by Gasteiger charge is 2.08. The van der Waals surface area contributed by atoms with Gasteiger partial charge in [0.2, 0.25) is 5.91 Å². The molecule has 0 bridgehead atoms. The molecule has 1 aromatic heterocycles. The number of benzene rings is 1. The summed E-state index contributed by atoms with van der Waals surface area (Å²) in [5.41, 5.74) is 7.40. The molecule has 5 nitrogen and oxygen atoms in total. The maximum absolute atomic E-state index is 11.0. The molecule has 1 amide bonds. The number of hydrogen-bond acceptors (Lipinski definition) is 4. The van der Waals surface area contributed by atoms with Gasteiger partial charge in [-0.3, -0.25) is 4.79 Å². The molecule has 2 rings (SSSR count). The second kappa shape index (κ2) is 6.37. The smallest absolute Gasteiger partial charge is 0.248 e. The van der Waals surface area contributed by atoms with Crippen molar-refractivity contribution in [1.29, 1.82) is 0 Å². The average molecular weight is 285 g/mol. The molecule has 0 radical (unpaired) electrons. The predicted octanol–water partition coefficient (Wildman–Crippen LogP) is 1.87. The summed E-state index contributed by atoms with van der Waals surface area (Å²) < 4.78 is 0. The monoisotopic (exact) mass is 285 g/mol. The van der Waals surface area contributed by atoms with E-state index in [1.54, 1.807) is 25.1 Å². The minimum atomic E-state index is -0.590. The van der Waals surface area contributed by atoms with Gasteiger partial charge in [-0.2, -0.15) is 0 Å². The van der Waals surface area contributed by atoms with E-state index < -0.39 is 12.0 Å². The maximum Gasteiger partial charge on any atom is 0.248 e. The molecule has 0 aliphatic rings. The van der Waals surface area contributed by atoms with Crippen LogP contribution in [0.4, 0.5) is 5.82 Å². The minimum absolute atomic E-state index is 0.429. The molecule has 1 unspecified atom stereocenters. The molecule has 1 heterocycles. The fourth-order valence-electron chi connectivity index (χ4n) is 2.01. The first-order chi connectivity index (χ1) is 9.97. The van der Waals surface area contributed by atoms with Crippen molar-refractivity contribution >= 4 is 11.7 Å². The zero-order valence-electron chi connectivity index (χ0n) is 12.2. The van der Waals surface area contributed by atoms with Crippen LogP contribution < -0.4 is 10.6 Å². The van der Waals surface area contributed by atoms with Crippen LogP contribution in [0.25, 0.3) is 0 Å². The fraction of sp³-hybridized carbons (Fsp3) is 0.250. The SMILES string of the molecule is CC(O)c1cccc(N(C)Cc2ccc(C(N)=O)cc2)n1. The van der Waals surface area contributed by atoms with Gasteiger partial charge in [0.1, 0.15) is 5.82 Å². The van der Waals surface area contributed by atoms with Crippen LogP contribution in [-0.4, -0.2) is 23.0 Å². The largest absolute Gasteiger partial charge is 0.387 e. The van der Waals surface area contributed by atoms with Gasteiger partial charge in [-0.25, -0.2) is 4.98 Å². The van der Waals surface area contributed by atoms with Crippen molar-refractivity contribution in [3.63, 3.8) is 0 Å². The van der Waals surface area contributed by atoms with Crippen molar-refractivity contribution in [2.75, 3.05) is 11.9 Å². The number of rotatable bonds is 5. The van der Waals surface area contributed by atoms with Gasteiger partial charge < -0.3 is 15.7 Å². The fourth-order valence-corrected chi connectivity index (χ4v) is 2.01. The summed E-state index contributed by atoms with van der Waals surface area (Å²) in [6.07, 6.45) is -0.590. The van der Waals surface area contributed by atoms with Gasteiger partial charge in [-0.05, 0) is 36.8 Å². The number of hydrogen-bond donors (Lipinski definition) is 2. The van der Waals surface area contributed by atoms with Crippen molar-refractivity contribution in [3.8, 4) is 0 Å². The molecule has 0 aliphatic carbocycles. The molecule has 3 N–H and O–H groups in total. The van der Waals surface area contributed by atoms with Gasteiger partial charge in [0, 0.05) is 19.2 Å². The summed E-state index contributed by atoms with van der Waals surface area (Å²) >= 11 is 0. The van der Waals surface area contributed by atoms with Crippen molar-refractivity contribution in [1.82, 2.24) is 4.98 Å². The third-order valence-electron chi connectivity index (χ3n) is 3.23. The number of anilines is 1. The Morgan fingerprint density at radius 3 is 2.52 bits per heavy atom. The van der Waals surface area contributed by atoms with E-state index in [0.29, 0.717) is 17.8 Å². The molecule has 110 valence electrons. The lowest BCUT2D eigenvalue weighted by Gasteiger charge is -2.19. The Balaban J connectivity index is 2.12. The summed E-state index contributed by atoms with van der Waals surface area (Å²) in [5, 5.41) is 9.58. The van der Waals surface area contributed by atoms with Crippen LogP contribution in [0.3, 0.4) is 0 Å². The van der Waals surface area contributed by atoms with E-state index in [4.69, 9.17) is 5.73 Å². The van der Waals surface area contributed by atoms with Crippen molar-refractivity contribution in [3.05, 3.63) is 59.3 Å². The van der Waals surface area contributed by atoms with E-state index in [1.165, 1.54) is 0 Å². The van der Waals surface area contributed by atoms with Crippen LogP contribution in [0.2, 0.25) is 0 Å². The molecule has 0 aliphatic heterocycles. The summed E-state index contributed by atoms with van der Waals surface area (Å²) in [4.78, 5) is 17.4. The van der Waals surface area contributed by atoms with E-state index >= 15 is 0 Å². The maximum atomic E-state index is 11.0. The topological polar surface area (TPSA) is 79.5 Å². The third-order valence-corrected chi connectivity index (χ3v) is 3.23. The van der Waals surface area contributed by atoms with Crippen LogP contribution in [0.1, 0.15) is 34.6 Å². The quantitative estimate of drug-likeness (QED) is 0.879. The Morgan fingerprint density at radius 1 is 1.29 bits per heavy atom. The van der Waals surface area contributed by atoms with Gasteiger partial charge in [0.15, 0.2) is 0 Å². The van der Waals surface area contributed by atoms with E-state index in [-0.39, 0.29) is 0 Å². The molecule has 0 saturated heterocycles. The number of amides is 1. The number of nitrogens with zero attached hydrogens (tertiary/aromatic N) is 2. The molecule has 1 aromatic carbocycles. The van der Waals surface area contributed by atoms with Gasteiger partial charge in [0.25, 0.3) is 0 Å². The molecular formula is C16H19N3O2. The van der Waals surface area contributed by atoms with E-state index in [9.17, 15) is 9.90 Å². The minimum Gasteiger partial charge on any atom is -0.387 e. The van der Waals surface area contributed by atoms with Crippen molar-refractivity contribution in [2.24, 2.45) is 5.73 Å². The lowest BCUT2D eigenvalue weighted by molar-refractivity contribution is 0.100. The third kappa shape index (κ3) is 3.79. The van der Waals surface area contributed by atoms with E-state index in [2.05, 4.69) is 4.98 Å². The Labute approximate surface area is 124 Å². The highest BCUT2D eigenvalue weighted by atomic mass is 16.3. The summed E-state index contributed by atoms with van der Waals surface area (Å²) in [5.74, 6) is 0.355. The highest BCUT2D eigenvalue weighted by Crippen LogP contribution is 2.17. The predicted molar refractivity (Wildman–Crippen MR) is 81.9 cm³/mol. The number of nitrogens with two attached hydrogens (primary N) is 1. The molecule has 2 aromatic rings. The summed E-state index contributed by atoms with van der Waals surface area (Å²) in [7, 11) is 1.93. The zero-order valence-corrected chi connectivity index (χ0v) is 12.2. The second-order valence-corrected chi connectivity index (χ2v) is 5.01. The summed E-state index contributed by atoms with van der Waals surface area (Å²) in [6.45, 7) is 2.34. The van der Waals surface area contributed by atoms with Crippen LogP contribution in [0, 0.1) is 0 Å². The number of aliphatic hydroxyl groups excluding tert-OH is 1.